The van der Waals surface area contributed by atoms with E-state index in [0.29, 0.717) is 15.6 Å². The minimum absolute atomic E-state index is 0.0240. The Balaban J connectivity index is 2.12. The van der Waals surface area contributed by atoms with Gasteiger partial charge in [0, 0.05) is 21.5 Å². The van der Waals surface area contributed by atoms with Crippen LogP contribution in [0.2, 0.25) is 5.02 Å². The number of benzene rings is 1. The number of carbonyl (C=O) groups excluding carboxylic acids is 1. The summed E-state index contributed by atoms with van der Waals surface area (Å²) in [7, 11) is 0. The summed E-state index contributed by atoms with van der Waals surface area (Å²) < 4.78 is 0.722. The first-order valence-electron chi connectivity index (χ1n) is 6.04. The van der Waals surface area contributed by atoms with E-state index >= 15 is 0 Å². The molecule has 1 aromatic carbocycles. The molecule has 0 aromatic heterocycles. The predicted octanol–water partition coefficient (Wildman–Crippen LogP) is 3.29. The number of amides is 1. The molecular weight excluding hydrogens is 348 g/mol. The minimum Gasteiger partial charge on any atom is -0.393 e. The highest BCUT2D eigenvalue weighted by atomic mass is 79.9. The van der Waals surface area contributed by atoms with Gasteiger partial charge in [0.15, 0.2) is 0 Å². The minimum atomic E-state index is -0.150. The molecule has 0 radical (unpaired) electrons. The normalized spacial score (nSPS) is 22.2. The third kappa shape index (κ3) is 3.46. The van der Waals surface area contributed by atoms with Crippen molar-refractivity contribution in [1.29, 1.82) is 0 Å². The molecule has 0 bridgehead atoms. The highest BCUT2D eigenvalue weighted by molar-refractivity contribution is 9.10. The molecular formula is C13H14BrClN2OS. The zero-order valence-corrected chi connectivity index (χ0v) is 13.3. The van der Waals surface area contributed by atoms with E-state index in [1.54, 1.807) is 18.2 Å². The second-order valence-electron chi connectivity index (χ2n) is 4.64. The number of rotatable bonds is 3. The van der Waals surface area contributed by atoms with E-state index in [4.69, 9.17) is 29.6 Å². The molecule has 1 amide bonds. The molecule has 0 spiro atoms. The molecule has 2 unspecified atom stereocenters. The molecule has 1 aromatic rings. The van der Waals surface area contributed by atoms with Gasteiger partial charge in [-0.25, -0.2) is 0 Å². The standard InChI is InChI=1S/C13H14BrClN2OS/c14-10-5-4-7(15)6-9(10)13(18)17-11-3-1-2-8(11)12(16)19/h4-6,8,11H,1-3H2,(H2,16,19)(H,17,18). The molecule has 2 rings (SSSR count). The lowest BCUT2D eigenvalue weighted by Gasteiger charge is -2.20. The van der Waals surface area contributed by atoms with Gasteiger partial charge < -0.3 is 11.1 Å². The fourth-order valence-corrected chi connectivity index (χ4v) is 3.27. The first kappa shape index (κ1) is 14.8. The van der Waals surface area contributed by atoms with Crippen LogP contribution in [-0.4, -0.2) is 16.9 Å². The van der Waals surface area contributed by atoms with E-state index in [1.807, 2.05) is 0 Å². The Kier molecular flexibility index (Phi) is 4.81. The third-order valence-corrected chi connectivity index (χ3v) is 4.60. The van der Waals surface area contributed by atoms with E-state index in [1.165, 1.54) is 0 Å². The van der Waals surface area contributed by atoms with Crippen LogP contribution in [0.3, 0.4) is 0 Å². The first-order chi connectivity index (χ1) is 8.99. The van der Waals surface area contributed by atoms with Gasteiger partial charge in [-0.15, -0.1) is 0 Å². The van der Waals surface area contributed by atoms with Crippen LogP contribution in [0.25, 0.3) is 0 Å². The van der Waals surface area contributed by atoms with Crippen LogP contribution in [-0.2, 0) is 0 Å². The molecule has 2 atom stereocenters. The fraction of sp³-hybridized carbons (Fsp3) is 0.385. The van der Waals surface area contributed by atoms with Crippen LogP contribution in [0.15, 0.2) is 22.7 Å². The van der Waals surface area contributed by atoms with Crippen LogP contribution in [0.5, 0.6) is 0 Å². The molecule has 1 fully saturated rings. The quantitative estimate of drug-likeness (QED) is 0.812. The Hall–Kier alpha value is -0.650. The van der Waals surface area contributed by atoms with Gasteiger partial charge in [0.25, 0.3) is 5.91 Å². The number of carbonyl (C=O) groups is 1. The second kappa shape index (κ2) is 6.20. The van der Waals surface area contributed by atoms with E-state index < -0.39 is 0 Å². The smallest absolute Gasteiger partial charge is 0.252 e. The Labute approximate surface area is 131 Å². The summed E-state index contributed by atoms with van der Waals surface area (Å²) in [6.07, 6.45) is 2.88. The summed E-state index contributed by atoms with van der Waals surface area (Å²) in [5.41, 5.74) is 6.24. The molecule has 1 aliphatic rings. The van der Waals surface area contributed by atoms with Crippen molar-refractivity contribution in [1.82, 2.24) is 5.32 Å². The maximum Gasteiger partial charge on any atom is 0.252 e. The van der Waals surface area contributed by atoms with Crippen molar-refractivity contribution in [3.8, 4) is 0 Å². The Morgan fingerprint density at radius 3 is 2.89 bits per heavy atom. The SMILES string of the molecule is NC(=S)C1CCCC1NC(=O)c1cc(Cl)ccc1Br. The first-order valence-corrected chi connectivity index (χ1v) is 7.62. The van der Waals surface area contributed by atoms with E-state index in [0.717, 1.165) is 23.7 Å². The van der Waals surface area contributed by atoms with Gasteiger partial charge in [-0.05, 0) is 47.0 Å². The van der Waals surface area contributed by atoms with Gasteiger partial charge in [-0.2, -0.15) is 0 Å². The van der Waals surface area contributed by atoms with Crippen LogP contribution >= 0.6 is 39.7 Å². The lowest BCUT2D eigenvalue weighted by atomic mass is 10.0. The van der Waals surface area contributed by atoms with Crippen molar-refractivity contribution in [2.24, 2.45) is 11.7 Å². The molecule has 3 N–H and O–H groups in total. The van der Waals surface area contributed by atoms with Crippen LogP contribution in [0.1, 0.15) is 29.6 Å². The molecule has 1 aliphatic carbocycles. The average molecular weight is 362 g/mol. The van der Waals surface area contributed by atoms with Gasteiger partial charge in [0.05, 0.1) is 10.6 Å². The van der Waals surface area contributed by atoms with E-state index in [-0.39, 0.29) is 17.9 Å². The summed E-state index contributed by atoms with van der Waals surface area (Å²) in [6, 6.07) is 5.16. The average Bonchev–Trinajstić information content (AvgIpc) is 2.80. The predicted molar refractivity (Wildman–Crippen MR) is 84.5 cm³/mol. The summed E-state index contributed by atoms with van der Waals surface area (Å²) in [4.78, 5) is 12.7. The summed E-state index contributed by atoms with van der Waals surface area (Å²) in [6.45, 7) is 0. The van der Waals surface area contributed by atoms with Crippen molar-refractivity contribution in [3.63, 3.8) is 0 Å². The summed E-state index contributed by atoms with van der Waals surface area (Å²) >= 11 is 14.3. The maximum atomic E-state index is 12.3. The number of nitrogens with one attached hydrogen (secondary N) is 1. The highest BCUT2D eigenvalue weighted by Crippen LogP contribution is 2.27. The zero-order valence-electron chi connectivity index (χ0n) is 10.2. The van der Waals surface area contributed by atoms with Crippen molar-refractivity contribution < 1.29 is 4.79 Å². The van der Waals surface area contributed by atoms with Crippen LogP contribution in [0, 0.1) is 5.92 Å². The topological polar surface area (TPSA) is 55.1 Å². The van der Waals surface area contributed by atoms with Crippen LogP contribution in [0.4, 0.5) is 0 Å². The van der Waals surface area contributed by atoms with Crippen molar-refractivity contribution in [3.05, 3.63) is 33.3 Å². The molecule has 19 heavy (non-hydrogen) atoms. The molecule has 102 valence electrons. The monoisotopic (exact) mass is 360 g/mol. The maximum absolute atomic E-state index is 12.3. The molecule has 0 aliphatic heterocycles. The molecule has 0 heterocycles. The van der Waals surface area contributed by atoms with E-state index in [9.17, 15) is 4.79 Å². The van der Waals surface area contributed by atoms with Gasteiger partial charge in [0.2, 0.25) is 0 Å². The van der Waals surface area contributed by atoms with Gasteiger partial charge in [0.1, 0.15) is 0 Å². The molecule has 3 nitrogen and oxygen atoms in total. The Morgan fingerprint density at radius 2 is 2.21 bits per heavy atom. The number of nitrogens with two attached hydrogens (primary N) is 1. The van der Waals surface area contributed by atoms with Crippen molar-refractivity contribution in [2.75, 3.05) is 0 Å². The lowest BCUT2D eigenvalue weighted by Crippen LogP contribution is -2.41. The van der Waals surface area contributed by atoms with E-state index in [2.05, 4.69) is 21.2 Å². The lowest BCUT2D eigenvalue weighted by molar-refractivity contribution is 0.0933. The number of thiocarbonyl (C=S) groups is 1. The Morgan fingerprint density at radius 1 is 1.47 bits per heavy atom. The Bertz CT molecular complexity index is 523. The molecule has 0 saturated heterocycles. The van der Waals surface area contributed by atoms with Gasteiger partial charge >= 0.3 is 0 Å². The third-order valence-electron chi connectivity index (χ3n) is 3.37. The zero-order chi connectivity index (χ0) is 14.0. The van der Waals surface area contributed by atoms with Crippen molar-refractivity contribution in [2.45, 2.75) is 25.3 Å². The summed E-state index contributed by atoms with van der Waals surface area (Å²) in [5.74, 6) is -0.0561. The summed E-state index contributed by atoms with van der Waals surface area (Å²) in [5, 5.41) is 3.53. The fourth-order valence-electron chi connectivity index (χ4n) is 2.39. The second-order valence-corrected chi connectivity index (χ2v) is 6.41. The van der Waals surface area contributed by atoms with Gasteiger partial charge in [-0.1, -0.05) is 30.2 Å². The van der Waals surface area contributed by atoms with Crippen molar-refractivity contribution >= 4 is 50.6 Å². The number of hydrogen-bond acceptors (Lipinski definition) is 2. The molecule has 1 saturated carbocycles. The largest absolute Gasteiger partial charge is 0.393 e. The number of hydrogen-bond donors (Lipinski definition) is 2. The molecule has 6 heteroatoms. The van der Waals surface area contributed by atoms with Crippen LogP contribution < -0.4 is 11.1 Å². The highest BCUT2D eigenvalue weighted by Gasteiger charge is 2.31. The number of halogens is 2. The van der Waals surface area contributed by atoms with Gasteiger partial charge in [-0.3, -0.25) is 4.79 Å².